The van der Waals surface area contributed by atoms with Crippen LogP contribution in [-0.4, -0.2) is 33.9 Å². The number of rotatable bonds is 5. The van der Waals surface area contributed by atoms with Crippen molar-refractivity contribution in [3.05, 3.63) is 46.7 Å². The Kier molecular flexibility index (Phi) is 3.38. The van der Waals surface area contributed by atoms with Crippen LogP contribution in [0.2, 0.25) is 0 Å². The molecule has 122 valence electrons. The van der Waals surface area contributed by atoms with Gasteiger partial charge in [0.05, 0.1) is 19.6 Å². The van der Waals surface area contributed by atoms with Crippen molar-refractivity contribution in [3.8, 4) is 11.5 Å². The minimum absolute atomic E-state index is 0.0915. The summed E-state index contributed by atoms with van der Waals surface area (Å²) in [5.41, 5.74) is 4.03. The minimum Gasteiger partial charge on any atom is -0.497 e. The average Bonchev–Trinajstić information content (AvgIpc) is 2.95. The first kappa shape index (κ1) is 14.6. The predicted octanol–water partition coefficient (Wildman–Crippen LogP) is 2.72. The summed E-state index contributed by atoms with van der Waals surface area (Å²) in [4.78, 5) is 0. The highest BCUT2D eigenvalue weighted by Gasteiger charge is 2.57. The van der Waals surface area contributed by atoms with Crippen LogP contribution in [0.3, 0.4) is 0 Å². The lowest BCUT2D eigenvalue weighted by Crippen LogP contribution is -2.46. The van der Waals surface area contributed by atoms with Gasteiger partial charge in [-0.15, -0.1) is 0 Å². The van der Waals surface area contributed by atoms with E-state index >= 15 is 0 Å². The summed E-state index contributed by atoms with van der Waals surface area (Å²) in [6.07, 6.45) is 7.36. The number of nitrogens with one attached hydrogen (secondary N) is 1. The molecule has 0 saturated heterocycles. The van der Waals surface area contributed by atoms with Gasteiger partial charge in [0.1, 0.15) is 5.76 Å². The van der Waals surface area contributed by atoms with Crippen molar-refractivity contribution in [1.29, 1.82) is 0 Å². The van der Waals surface area contributed by atoms with Crippen molar-refractivity contribution < 1.29 is 14.2 Å². The fraction of sp³-hybridized carbons (Fsp3) is 0.474. The summed E-state index contributed by atoms with van der Waals surface area (Å²) < 4.78 is 17.7. The number of benzene rings is 1. The Bertz CT molecular complexity index is 707. The summed E-state index contributed by atoms with van der Waals surface area (Å²) in [6.45, 7) is 0.935. The molecule has 0 fully saturated rings. The van der Waals surface area contributed by atoms with Crippen molar-refractivity contribution in [2.75, 3.05) is 27.8 Å². The maximum atomic E-state index is 6.44. The monoisotopic (exact) mass is 313 g/mol. The molecule has 1 aromatic rings. The van der Waals surface area contributed by atoms with E-state index in [2.05, 4.69) is 23.5 Å². The lowest BCUT2D eigenvalue weighted by molar-refractivity contribution is 0.110. The number of allylic oxidation sites excluding steroid dienone is 2. The quantitative estimate of drug-likeness (QED) is 0.907. The summed E-state index contributed by atoms with van der Waals surface area (Å²) >= 11 is 0. The van der Waals surface area contributed by atoms with Crippen LogP contribution in [-0.2, 0) is 16.6 Å². The molecule has 1 aromatic carbocycles. The van der Waals surface area contributed by atoms with Gasteiger partial charge in [-0.1, -0.05) is 17.7 Å². The minimum atomic E-state index is -0.124. The highest BCUT2D eigenvalue weighted by Crippen LogP contribution is 2.60. The summed E-state index contributed by atoms with van der Waals surface area (Å²) in [6, 6.07) is 4.23. The van der Waals surface area contributed by atoms with E-state index in [-0.39, 0.29) is 11.5 Å². The average molecular weight is 313 g/mol. The van der Waals surface area contributed by atoms with Gasteiger partial charge < -0.3 is 19.5 Å². The number of ether oxygens (including phenoxy) is 3. The number of hydrogen-bond acceptors (Lipinski definition) is 4. The molecule has 23 heavy (non-hydrogen) atoms. The zero-order chi connectivity index (χ0) is 16.0. The molecule has 4 heteroatoms. The lowest BCUT2D eigenvalue weighted by atomic mass is 9.61. The Hall–Kier alpha value is -1.94. The van der Waals surface area contributed by atoms with E-state index in [0.29, 0.717) is 0 Å². The molecular formula is C19H23NO3. The van der Waals surface area contributed by atoms with E-state index in [1.165, 1.54) is 16.7 Å². The number of hydrogen-bond donors (Lipinski definition) is 1. The van der Waals surface area contributed by atoms with Gasteiger partial charge in [0.25, 0.3) is 0 Å². The molecule has 1 aliphatic heterocycles. The molecule has 0 amide bonds. The third-order valence-corrected chi connectivity index (χ3v) is 5.51. The SMILES string of the molecule is CNCC[C@@]12C3=CC=C(OC)[C@@H]1Oc1c(OC)ccc(c12)CC3. The second-order valence-corrected chi connectivity index (χ2v) is 6.42. The van der Waals surface area contributed by atoms with E-state index in [0.717, 1.165) is 43.1 Å². The fourth-order valence-corrected chi connectivity index (χ4v) is 4.47. The highest BCUT2D eigenvalue weighted by molar-refractivity contribution is 5.65. The van der Waals surface area contributed by atoms with Crippen molar-refractivity contribution in [3.63, 3.8) is 0 Å². The third-order valence-electron chi connectivity index (χ3n) is 5.51. The molecule has 4 rings (SSSR count). The van der Waals surface area contributed by atoms with Crippen LogP contribution in [0, 0.1) is 0 Å². The van der Waals surface area contributed by atoms with Crippen LogP contribution in [0.1, 0.15) is 24.0 Å². The largest absolute Gasteiger partial charge is 0.497 e. The van der Waals surface area contributed by atoms with Gasteiger partial charge in [-0.05, 0) is 50.6 Å². The molecule has 0 radical (unpaired) electrons. The van der Waals surface area contributed by atoms with Crippen molar-refractivity contribution in [2.45, 2.75) is 30.8 Å². The van der Waals surface area contributed by atoms with Crippen LogP contribution >= 0.6 is 0 Å². The van der Waals surface area contributed by atoms with Crippen molar-refractivity contribution >= 4 is 0 Å². The standard InChI is InChI=1S/C19H23NO3/c1-20-11-10-19-13-6-4-12-5-8-14(21-2)17(16(12)19)23-18(19)15(22-3)9-7-13/h5,7-9,18,20H,4,6,10-11H2,1-3H3/t18-,19-/m0/s1. The second kappa shape index (κ2) is 5.31. The van der Waals surface area contributed by atoms with E-state index in [1.54, 1.807) is 14.2 Å². The van der Waals surface area contributed by atoms with Gasteiger partial charge in [-0.3, -0.25) is 0 Å². The smallest absolute Gasteiger partial charge is 0.169 e. The molecule has 2 atom stereocenters. The summed E-state index contributed by atoms with van der Waals surface area (Å²) in [5.74, 6) is 2.62. The molecule has 0 aromatic heterocycles. The molecule has 1 heterocycles. The molecule has 0 spiro atoms. The second-order valence-electron chi connectivity index (χ2n) is 6.42. The Labute approximate surface area is 137 Å². The highest BCUT2D eigenvalue weighted by atomic mass is 16.6. The molecule has 3 aliphatic rings. The Morgan fingerprint density at radius 2 is 2.09 bits per heavy atom. The van der Waals surface area contributed by atoms with E-state index in [4.69, 9.17) is 14.2 Å². The molecule has 0 unspecified atom stereocenters. The molecule has 1 N–H and O–H groups in total. The Morgan fingerprint density at radius 3 is 2.83 bits per heavy atom. The topological polar surface area (TPSA) is 39.7 Å². The van der Waals surface area contributed by atoms with Crippen molar-refractivity contribution in [1.82, 2.24) is 5.32 Å². The zero-order valence-electron chi connectivity index (χ0n) is 13.9. The van der Waals surface area contributed by atoms with Gasteiger partial charge in [0.2, 0.25) is 0 Å². The molecule has 2 aliphatic carbocycles. The van der Waals surface area contributed by atoms with Crippen LogP contribution in [0.5, 0.6) is 11.5 Å². The van der Waals surface area contributed by atoms with Crippen LogP contribution < -0.4 is 14.8 Å². The van der Waals surface area contributed by atoms with Gasteiger partial charge >= 0.3 is 0 Å². The Balaban J connectivity index is 1.97. The number of methoxy groups -OCH3 is 2. The molecular weight excluding hydrogens is 290 g/mol. The fourth-order valence-electron chi connectivity index (χ4n) is 4.47. The first-order valence-corrected chi connectivity index (χ1v) is 8.23. The van der Waals surface area contributed by atoms with Gasteiger partial charge in [0.15, 0.2) is 17.6 Å². The van der Waals surface area contributed by atoms with Gasteiger partial charge in [0, 0.05) is 5.56 Å². The first-order valence-electron chi connectivity index (χ1n) is 8.23. The van der Waals surface area contributed by atoms with Gasteiger partial charge in [-0.2, -0.15) is 0 Å². The molecule has 0 saturated carbocycles. The lowest BCUT2D eigenvalue weighted by Gasteiger charge is -2.42. The predicted molar refractivity (Wildman–Crippen MR) is 89.1 cm³/mol. The van der Waals surface area contributed by atoms with Gasteiger partial charge in [-0.25, -0.2) is 0 Å². The number of aryl methyl sites for hydroxylation is 1. The summed E-state index contributed by atoms with van der Waals surface area (Å²) in [5, 5.41) is 3.30. The van der Waals surface area contributed by atoms with Crippen LogP contribution in [0.15, 0.2) is 35.6 Å². The van der Waals surface area contributed by atoms with E-state index in [1.807, 2.05) is 13.1 Å². The zero-order valence-corrected chi connectivity index (χ0v) is 13.9. The van der Waals surface area contributed by atoms with Crippen LogP contribution in [0.25, 0.3) is 0 Å². The normalized spacial score (nSPS) is 26.8. The maximum absolute atomic E-state index is 6.44. The van der Waals surface area contributed by atoms with E-state index in [9.17, 15) is 0 Å². The summed E-state index contributed by atoms with van der Waals surface area (Å²) in [7, 11) is 5.43. The van der Waals surface area contributed by atoms with E-state index < -0.39 is 0 Å². The van der Waals surface area contributed by atoms with Crippen LogP contribution in [0.4, 0.5) is 0 Å². The third kappa shape index (κ3) is 1.81. The van der Waals surface area contributed by atoms with Crippen molar-refractivity contribution in [2.24, 2.45) is 0 Å². The Morgan fingerprint density at radius 1 is 1.22 bits per heavy atom. The molecule has 4 nitrogen and oxygen atoms in total. The molecule has 0 bridgehead atoms. The first-order chi connectivity index (χ1) is 11.3. The maximum Gasteiger partial charge on any atom is 0.169 e.